The molecule has 7 heteroatoms. The molecule has 2 heterocycles. The SMILES string of the molecule is CN(Cc1nnc2ccccn12)C(=O)CCCCc1ccc(O)c(O)c1. The van der Waals surface area contributed by atoms with Crippen LogP contribution in [0.5, 0.6) is 11.5 Å². The Morgan fingerprint density at radius 1 is 1.12 bits per heavy atom. The van der Waals surface area contributed by atoms with E-state index in [-0.39, 0.29) is 17.4 Å². The van der Waals surface area contributed by atoms with Crippen molar-refractivity contribution >= 4 is 11.6 Å². The highest BCUT2D eigenvalue weighted by atomic mass is 16.3. The molecule has 0 saturated carbocycles. The van der Waals surface area contributed by atoms with Crippen molar-refractivity contribution in [3.8, 4) is 11.5 Å². The van der Waals surface area contributed by atoms with Crippen molar-refractivity contribution in [3.05, 3.63) is 54.0 Å². The first-order valence-corrected chi connectivity index (χ1v) is 8.58. The number of aromatic hydroxyl groups is 2. The normalized spacial score (nSPS) is 11.0. The lowest BCUT2D eigenvalue weighted by Gasteiger charge is -2.16. The Kier molecular flexibility index (Phi) is 5.36. The highest BCUT2D eigenvalue weighted by molar-refractivity contribution is 5.75. The number of hydrogen-bond acceptors (Lipinski definition) is 5. The predicted octanol–water partition coefficient (Wildman–Crippen LogP) is 2.51. The van der Waals surface area contributed by atoms with Gasteiger partial charge in [-0.25, -0.2) is 0 Å². The molecule has 0 aliphatic heterocycles. The molecule has 0 bridgehead atoms. The first-order chi connectivity index (χ1) is 12.5. The fourth-order valence-electron chi connectivity index (χ4n) is 2.82. The van der Waals surface area contributed by atoms with Crippen LogP contribution >= 0.6 is 0 Å². The number of carbonyl (C=O) groups excluding carboxylic acids is 1. The van der Waals surface area contributed by atoms with Crippen LogP contribution in [0.3, 0.4) is 0 Å². The number of carbonyl (C=O) groups is 1. The maximum absolute atomic E-state index is 12.3. The van der Waals surface area contributed by atoms with Gasteiger partial charge in [-0.15, -0.1) is 10.2 Å². The minimum atomic E-state index is -0.119. The van der Waals surface area contributed by atoms with Gasteiger partial charge in [0.05, 0.1) is 6.54 Å². The van der Waals surface area contributed by atoms with E-state index in [1.54, 1.807) is 24.1 Å². The van der Waals surface area contributed by atoms with Crippen molar-refractivity contribution in [1.82, 2.24) is 19.5 Å². The zero-order chi connectivity index (χ0) is 18.5. The number of unbranched alkanes of at least 4 members (excludes halogenated alkanes) is 1. The summed E-state index contributed by atoms with van der Waals surface area (Å²) in [5, 5.41) is 27.0. The molecule has 26 heavy (non-hydrogen) atoms. The number of hydrogen-bond donors (Lipinski definition) is 2. The molecule has 2 N–H and O–H groups in total. The second kappa shape index (κ2) is 7.86. The zero-order valence-electron chi connectivity index (χ0n) is 14.7. The molecule has 3 rings (SSSR count). The average molecular weight is 354 g/mol. The summed E-state index contributed by atoms with van der Waals surface area (Å²) in [6.45, 7) is 0.413. The number of fused-ring (bicyclic) bond motifs is 1. The van der Waals surface area contributed by atoms with Crippen LogP contribution < -0.4 is 0 Å². The molecule has 0 spiro atoms. The summed E-state index contributed by atoms with van der Waals surface area (Å²) in [6.07, 6.45) is 4.68. The van der Waals surface area contributed by atoms with E-state index in [4.69, 9.17) is 0 Å². The smallest absolute Gasteiger partial charge is 0.222 e. The van der Waals surface area contributed by atoms with Crippen LogP contribution in [0.2, 0.25) is 0 Å². The number of aryl methyl sites for hydroxylation is 1. The summed E-state index contributed by atoms with van der Waals surface area (Å²) in [7, 11) is 1.77. The maximum atomic E-state index is 12.3. The van der Waals surface area contributed by atoms with Gasteiger partial charge in [0, 0.05) is 19.7 Å². The molecule has 136 valence electrons. The van der Waals surface area contributed by atoms with Gasteiger partial charge in [0.2, 0.25) is 5.91 Å². The lowest BCUT2D eigenvalue weighted by molar-refractivity contribution is -0.130. The number of phenols is 2. The predicted molar refractivity (Wildman–Crippen MR) is 96.8 cm³/mol. The minimum absolute atomic E-state index is 0.0613. The Balaban J connectivity index is 1.46. The van der Waals surface area contributed by atoms with E-state index in [1.807, 2.05) is 28.8 Å². The monoisotopic (exact) mass is 354 g/mol. The number of benzene rings is 1. The van der Waals surface area contributed by atoms with Crippen LogP contribution in [0.4, 0.5) is 0 Å². The van der Waals surface area contributed by atoms with E-state index in [9.17, 15) is 15.0 Å². The number of nitrogens with zero attached hydrogens (tertiary/aromatic N) is 4. The molecular weight excluding hydrogens is 332 g/mol. The van der Waals surface area contributed by atoms with Gasteiger partial charge in [-0.2, -0.15) is 0 Å². The van der Waals surface area contributed by atoms with E-state index in [0.717, 1.165) is 36.3 Å². The van der Waals surface area contributed by atoms with E-state index >= 15 is 0 Å². The molecule has 0 unspecified atom stereocenters. The van der Waals surface area contributed by atoms with Crippen molar-refractivity contribution in [2.24, 2.45) is 0 Å². The van der Waals surface area contributed by atoms with Gasteiger partial charge in [-0.1, -0.05) is 12.1 Å². The van der Waals surface area contributed by atoms with Crippen molar-refractivity contribution in [1.29, 1.82) is 0 Å². The third-order valence-electron chi connectivity index (χ3n) is 4.33. The van der Waals surface area contributed by atoms with Gasteiger partial charge in [-0.05, 0) is 49.1 Å². The Morgan fingerprint density at radius 2 is 1.96 bits per heavy atom. The lowest BCUT2D eigenvalue weighted by atomic mass is 10.1. The minimum Gasteiger partial charge on any atom is -0.504 e. The molecular formula is C19H22N4O3. The average Bonchev–Trinajstić information content (AvgIpc) is 3.04. The molecule has 1 amide bonds. The summed E-state index contributed by atoms with van der Waals surface area (Å²) in [5.74, 6) is 0.563. The molecule has 0 aliphatic rings. The summed E-state index contributed by atoms with van der Waals surface area (Å²) < 4.78 is 1.88. The largest absolute Gasteiger partial charge is 0.504 e. The number of pyridine rings is 1. The van der Waals surface area contributed by atoms with Gasteiger partial charge in [0.15, 0.2) is 23.0 Å². The Hall–Kier alpha value is -3.09. The van der Waals surface area contributed by atoms with Gasteiger partial charge in [0.25, 0.3) is 0 Å². The molecule has 0 radical (unpaired) electrons. The molecule has 0 aliphatic carbocycles. The van der Waals surface area contributed by atoms with Crippen LogP contribution in [-0.2, 0) is 17.8 Å². The molecule has 0 fully saturated rings. The van der Waals surface area contributed by atoms with Crippen LogP contribution in [0, 0.1) is 0 Å². The summed E-state index contributed by atoms with van der Waals surface area (Å²) in [4.78, 5) is 14.0. The Morgan fingerprint density at radius 3 is 2.77 bits per heavy atom. The molecule has 1 aromatic carbocycles. The van der Waals surface area contributed by atoms with E-state index in [0.29, 0.717) is 13.0 Å². The van der Waals surface area contributed by atoms with Gasteiger partial charge >= 0.3 is 0 Å². The summed E-state index contributed by atoms with van der Waals surface area (Å²) in [5.41, 5.74) is 1.71. The lowest BCUT2D eigenvalue weighted by Crippen LogP contribution is -2.26. The summed E-state index contributed by atoms with van der Waals surface area (Å²) in [6, 6.07) is 10.5. The third kappa shape index (κ3) is 4.11. The molecule has 2 aromatic heterocycles. The van der Waals surface area contributed by atoms with E-state index < -0.39 is 0 Å². The first-order valence-electron chi connectivity index (χ1n) is 8.58. The van der Waals surface area contributed by atoms with Crippen molar-refractivity contribution in [3.63, 3.8) is 0 Å². The molecule has 7 nitrogen and oxygen atoms in total. The standard InChI is InChI=1S/C19H22N4O3/c1-22(13-18-21-20-17-7-4-5-11-23(17)18)19(26)8-3-2-6-14-9-10-15(24)16(25)12-14/h4-5,7,9-12,24-25H,2-3,6,8,13H2,1H3. The van der Waals surface area contributed by atoms with Crippen LogP contribution in [-0.4, -0.2) is 42.7 Å². The Labute approximate surface area is 151 Å². The van der Waals surface area contributed by atoms with Crippen molar-refractivity contribution in [2.45, 2.75) is 32.2 Å². The quantitative estimate of drug-likeness (QED) is 0.502. The number of amides is 1. The van der Waals surface area contributed by atoms with Gasteiger partial charge in [0.1, 0.15) is 0 Å². The van der Waals surface area contributed by atoms with E-state index in [1.165, 1.54) is 6.07 Å². The van der Waals surface area contributed by atoms with Crippen molar-refractivity contribution in [2.75, 3.05) is 7.05 Å². The van der Waals surface area contributed by atoms with Crippen LogP contribution in [0.25, 0.3) is 5.65 Å². The number of phenolic OH excluding ortho intramolecular Hbond substituents is 2. The summed E-state index contributed by atoms with van der Waals surface area (Å²) >= 11 is 0. The molecule has 0 atom stereocenters. The second-order valence-corrected chi connectivity index (χ2v) is 6.33. The molecule has 3 aromatic rings. The number of aromatic nitrogens is 3. The first kappa shape index (κ1) is 17.7. The second-order valence-electron chi connectivity index (χ2n) is 6.33. The highest BCUT2D eigenvalue weighted by Crippen LogP contribution is 2.25. The third-order valence-corrected chi connectivity index (χ3v) is 4.33. The maximum Gasteiger partial charge on any atom is 0.222 e. The van der Waals surface area contributed by atoms with Crippen molar-refractivity contribution < 1.29 is 15.0 Å². The Bertz CT molecular complexity index is 907. The number of rotatable bonds is 7. The zero-order valence-corrected chi connectivity index (χ0v) is 14.7. The van der Waals surface area contributed by atoms with Gasteiger partial charge in [-0.3, -0.25) is 9.20 Å². The van der Waals surface area contributed by atoms with Crippen LogP contribution in [0.1, 0.15) is 30.7 Å². The fourth-order valence-corrected chi connectivity index (χ4v) is 2.82. The van der Waals surface area contributed by atoms with Gasteiger partial charge < -0.3 is 15.1 Å². The van der Waals surface area contributed by atoms with Crippen LogP contribution in [0.15, 0.2) is 42.6 Å². The topological polar surface area (TPSA) is 91.0 Å². The highest BCUT2D eigenvalue weighted by Gasteiger charge is 2.13. The molecule has 0 saturated heterocycles. The van der Waals surface area contributed by atoms with E-state index in [2.05, 4.69) is 10.2 Å². The fraction of sp³-hybridized carbons (Fsp3) is 0.316.